The number of carboxylic acid groups (broad SMARTS) is 1. The molecule has 2 rings (SSSR count). The van der Waals surface area contributed by atoms with Gasteiger partial charge in [-0.3, -0.25) is 4.79 Å². The zero-order valence-corrected chi connectivity index (χ0v) is 11.2. The molecule has 1 aliphatic heterocycles. The smallest absolute Gasteiger partial charge is 0.326 e. The lowest BCUT2D eigenvalue weighted by molar-refractivity contribution is -0.142. The van der Waals surface area contributed by atoms with Gasteiger partial charge in [0.05, 0.1) is 5.25 Å². The first kappa shape index (κ1) is 14.8. The molecule has 1 heterocycles. The molecule has 2 N–H and O–H groups in total. The van der Waals surface area contributed by atoms with Crippen LogP contribution in [0.5, 0.6) is 0 Å². The molecule has 1 amide bonds. The molecule has 0 aliphatic carbocycles. The molecule has 108 valence electrons. The van der Waals surface area contributed by atoms with Gasteiger partial charge in [0, 0.05) is 11.3 Å². The number of carbonyl (C=O) groups excluding carboxylic acids is 1. The summed E-state index contributed by atoms with van der Waals surface area (Å²) in [6, 6.07) is 5.93. The number of hydrogen-bond donors (Lipinski definition) is 2. The maximum atomic E-state index is 12.3. The molecule has 1 aliphatic rings. The molecule has 1 aromatic rings. The lowest BCUT2D eigenvalue weighted by Crippen LogP contribution is -2.45. The fourth-order valence-corrected chi connectivity index (χ4v) is 3.20. The van der Waals surface area contributed by atoms with E-state index < -0.39 is 36.0 Å². The van der Waals surface area contributed by atoms with Crippen molar-refractivity contribution in [3.05, 3.63) is 29.8 Å². The van der Waals surface area contributed by atoms with Crippen LogP contribution in [0.25, 0.3) is 0 Å². The number of nitrogens with one attached hydrogen (secondary N) is 1. The van der Waals surface area contributed by atoms with Gasteiger partial charge < -0.3 is 10.4 Å². The quantitative estimate of drug-likeness (QED) is 0.872. The number of benzene rings is 1. The molecule has 1 aromatic carbocycles. The number of hydrogen-bond acceptors (Lipinski definition) is 3. The zero-order chi connectivity index (χ0) is 14.7. The van der Waals surface area contributed by atoms with Crippen LogP contribution < -0.4 is 5.32 Å². The van der Waals surface area contributed by atoms with Gasteiger partial charge in [-0.1, -0.05) is 18.2 Å². The molecule has 0 aromatic heterocycles. The van der Waals surface area contributed by atoms with Gasteiger partial charge in [-0.2, -0.15) is 0 Å². The normalized spacial score (nSPS) is 18.6. The van der Waals surface area contributed by atoms with Crippen molar-refractivity contribution in [2.45, 2.75) is 35.5 Å². The predicted molar refractivity (Wildman–Crippen MR) is 70.0 cm³/mol. The van der Waals surface area contributed by atoms with E-state index in [2.05, 4.69) is 5.32 Å². The average molecular weight is 301 g/mol. The van der Waals surface area contributed by atoms with Gasteiger partial charge in [0.15, 0.2) is 0 Å². The highest BCUT2D eigenvalue weighted by Gasteiger charge is 2.31. The summed E-state index contributed by atoms with van der Waals surface area (Å²) in [5.41, 5.74) is 1.01. The third kappa shape index (κ3) is 3.47. The third-order valence-corrected chi connectivity index (χ3v) is 4.29. The van der Waals surface area contributed by atoms with Crippen LogP contribution in [0.2, 0.25) is 0 Å². The fraction of sp³-hybridized carbons (Fsp3) is 0.385. The molecule has 0 radical (unpaired) electrons. The van der Waals surface area contributed by atoms with E-state index in [0.29, 0.717) is 6.42 Å². The molecule has 20 heavy (non-hydrogen) atoms. The van der Waals surface area contributed by atoms with Crippen LogP contribution in [-0.2, 0) is 16.0 Å². The Labute approximate surface area is 118 Å². The molecule has 0 saturated heterocycles. The number of fused-ring (bicyclic) bond motifs is 1. The summed E-state index contributed by atoms with van der Waals surface area (Å²) in [6.45, 7) is 0. The lowest BCUT2D eigenvalue weighted by Gasteiger charge is -2.16. The summed E-state index contributed by atoms with van der Waals surface area (Å²) < 4.78 is 24.5. The van der Waals surface area contributed by atoms with Gasteiger partial charge in [0.25, 0.3) is 0 Å². The number of halogens is 2. The molecule has 2 atom stereocenters. The van der Waals surface area contributed by atoms with E-state index in [9.17, 15) is 18.4 Å². The van der Waals surface area contributed by atoms with Crippen LogP contribution in [0.15, 0.2) is 29.2 Å². The van der Waals surface area contributed by atoms with Gasteiger partial charge in [0.2, 0.25) is 12.3 Å². The number of rotatable bonds is 5. The maximum Gasteiger partial charge on any atom is 0.326 e. The van der Waals surface area contributed by atoms with Gasteiger partial charge >= 0.3 is 5.97 Å². The van der Waals surface area contributed by atoms with Crippen LogP contribution in [0.4, 0.5) is 8.78 Å². The Morgan fingerprint density at radius 3 is 2.70 bits per heavy atom. The minimum Gasteiger partial charge on any atom is -0.480 e. The Morgan fingerprint density at radius 1 is 1.40 bits per heavy atom. The van der Waals surface area contributed by atoms with Crippen LogP contribution in [0, 0.1) is 0 Å². The Morgan fingerprint density at radius 2 is 2.10 bits per heavy atom. The molecule has 0 fully saturated rings. The summed E-state index contributed by atoms with van der Waals surface area (Å²) in [7, 11) is 0. The van der Waals surface area contributed by atoms with Crippen molar-refractivity contribution in [1.29, 1.82) is 0 Å². The van der Waals surface area contributed by atoms with Crippen molar-refractivity contribution in [2.75, 3.05) is 0 Å². The first-order chi connectivity index (χ1) is 9.47. The van der Waals surface area contributed by atoms with E-state index in [1.807, 2.05) is 24.3 Å². The monoisotopic (exact) mass is 301 g/mol. The summed E-state index contributed by atoms with van der Waals surface area (Å²) in [5, 5.41) is 10.6. The van der Waals surface area contributed by atoms with Gasteiger partial charge in [-0.25, -0.2) is 13.6 Å². The van der Waals surface area contributed by atoms with Crippen LogP contribution in [-0.4, -0.2) is 34.7 Å². The molecule has 0 bridgehead atoms. The van der Waals surface area contributed by atoms with E-state index in [1.54, 1.807) is 0 Å². The standard InChI is InChI=1S/C13H13F2NO3S/c14-11(15)6-8(13(18)19)16-12(17)10-5-7-3-1-2-4-9(7)20-10/h1-4,8,10-11H,5-6H2,(H,16,17)(H,18,19). The van der Waals surface area contributed by atoms with Crippen molar-refractivity contribution in [2.24, 2.45) is 0 Å². The van der Waals surface area contributed by atoms with Crippen molar-refractivity contribution in [1.82, 2.24) is 5.32 Å². The molecular weight excluding hydrogens is 288 g/mol. The van der Waals surface area contributed by atoms with Crippen LogP contribution in [0.1, 0.15) is 12.0 Å². The molecule has 0 saturated carbocycles. The highest BCUT2D eigenvalue weighted by Crippen LogP contribution is 2.36. The van der Waals surface area contributed by atoms with E-state index in [0.717, 1.165) is 10.5 Å². The second-order valence-corrected chi connectivity index (χ2v) is 5.69. The largest absolute Gasteiger partial charge is 0.480 e. The first-order valence-electron chi connectivity index (χ1n) is 6.03. The maximum absolute atomic E-state index is 12.3. The van der Waals surface area contributed by atoms with E-state index in [4.69, 9.17) is 5.11 Å². The van der Waals surface area contributed by atoms with E-state index in [1.165, 1.54) is 11.8 Å². The number of alkyl halides is 2. The Balaban J connectivity index is 1.97. The number of thioether (sulfide) groups is 1. The summed E-state index contributed by atoms with van der Waals surface area (Å²) in [4.78, 5) is 23.8. The summed E-state index contributed by atoms with van der Waals surface area (Å²) in [6.07, 6.45) is -3.18. The summed E-state index contributed by atoms with van der Waals surface area (Å²) >= 11 is 1.32. The minimum absolute atomic E-state index is 0.466. The second-order valence-electron chi connectivity index (χ2n) is 4.44. The van der Waals surface area contributed by atoms with Gasteiger partial charge in [0.1, 0.15) is 6.04 Å². The molecule has 2 unspecified atom stereocenters. The number of carboxylic acids is 1. The van der Waals surface area contributed by atoms with Crippen LogP contribution >= 0.6 is 11.8 Å². The van der Waals surface area contributed by atoms with Gasteiger partial charge in [-0.15, -0.1) is 11.8 Å². The second kappa shape index (κ2) is 6.21. The van der Waals surface area contributed by atoms with Crippen LogP contribution in [0.3, 0.4) is 0 Å². The fourth-order valence-electron chi connectivity index (χ4n) is 1.99. The Kier molecular flexibility index (Phi) is 4.59. The highest BCUT2D eigenvalue weighted by atomic mass is 32.2. The third-order valence-electron chi connectivity index (χ3n) is 2.97. The van der Waals surface area contributed by atoms with E-state index in [-0.39, 0.29) is 0 Å². The lowest BCUT2D eigenvalue weighted by atomic mass is 10.1. The SMILES string of the molecule is O=C(O)C(CC(F)F)NC(=O)C1Cc2ccccc2S1. The van der Waals surface area contributed by atoms with Crippen molar-refractivity contribution >= 4 is 23.6 Å². The van der Waals surface area contributed by atoms with Gasteiger partial charge in [-0.05, 0) is 18.1 Å². The number of amides is 1. The van der Waals surface area contributed by atoms with Crippen molar-refractivity contribution in [3.63, 3.8) is 0 Å². The van der Waals surface area contributed by atoms with Crippen molar-refractivity contribution in [3.8, 4) is 0 Å². The Bertz CT molecular complexity index is 499. The summed E-state index contributed by atoms with van der Waals surface area (Å²) in [5.74, 6) is -1.96. The predicted octanol–water partition coefficient (Wildman–Crippen LogP) is 1.93. The molecule has 0 spiro atoms. The Hall–Kier alpha value is -1.63. The molecule has 7 heteroatoms. The zero-order valence-electron chi connectivity index (χ0n) is 10.4. The van der Waals surface area contributed by atoms with Crippen molar-refractivity contribution < 1.29 is 23.5 Å². The topological polar surface area (TPSA) is 66.4 Å². The molecule has 4 nitrogen and oxygen atoms in total. The molecular formula is C13H13F2NO3S. The highest BCUT2D eigenvalue weighted by molar-refractivity contribution is 8.01. The van der Waals surface area contributed by atoms with E-state index >= 15 is 0 Å². The minimum atomic E-state index is -2.77. The average Bonchev–Trinajstić information content (AvgIpc) is 2.81. The number of aliphatic carboxylic acids is 1. The first-order valence-corrected chi connectivity index (χ1v) is 6.91. The number of carbonyl (C=O) groups is 2.